The number of hydrogen-bond donors (Lipinski definition) is 1. The molecule has 2 saturated carbocycles. The van der Waals surface area contributed by atoms with Gasteiger partial charge in [-0.05, 0) is 74.8 Å². The number of piperidine rings is 1. The summed E-state index contributed by atoms with van der Waals surface area (Å²) >= 11 is 0. The van der Waals surface area contributed by atoms with Crippen LogP contribution in [0.5, 0.6) is 5.75 Å². The lowest BCUT2D eigenvalue weighted by Gasteiger charge is -2.27. The summed E-state index contributed by atoms with van der Waals surface area (Å²) in [6.07, 6.45) is 8.46. The monoisotopic (exact) mass is 564 g/mol. The molecule has 216 valence electrons. The van der Waals surface area contributed by atoms with Crippen molar-refractivity contribution in [3.8, 4) is 17.3 Å². The van der Waals surface area contributed by atoms with Gasteiger partial charge in [0.05, 0.1) is 30.6 Å². The summed E-state index contributed by atoms with van der Waals surface area (Å²) in [7, 11) is 3.61. The maximum atomic E-state index is 13.9. The van der Waals surface area contributed by atoms with E-state index in [1.807, 2.05) is 47.9 Å². The van der Waals surface area contributed by atoms with Crippen molar-refractivity contribution in [2.75, 3.05) is 13.7 Å². The van der Waals surface area contributed by atoms with Crippen LogP contribution < -0.4 is 10.5 Å². The topological polar surface area (TPSA) is 109 Å². The van der Waals surface area contributed by atoms with Gasteiger partial charge in [0.1, 0.15) is 16.9 Å². The Balaban J connectivity index is 1.32. The first kappa shape index (κ1) is 25.5. The van der Waals surface area contributed by atoms with Gasteiger partial charge in [0.15, 0.2) is 5.82 Å². The number of carbonyl (C=O) groups excluding carboxylic acids is 1. The van der Waals surface area contributed by atoms with Crippen LogP contribution in [0.1, 0.15) is 47.3 Å². The first-order chi connectivity index (χ1) is 20.4. The van der Waals surface area contributed by atoms with Crippen molar-refractivity contribution in [3.63, 3.8) is 0 Å². The van der Waals surface area contributed by atoms with Crippen LogP contribution in [0.15, 0.2) is 42.7 Å². The Morgan fingerprint density at radius 1 is 1.14 bits per heavy atom. The second-order valence-electron chi connectivity index (χ2n) is 12.4. The molecule has 4 aromatic heterocycles. The molecule has 42 heavy (non-hydrogen) atoms. The Morgan fingerprint density at radius 3 is 2.69 bits per heavy atom. The second-order valence-corrected chi connectivity index (χ2v) is 12.4. The van der Waals surface area contributed by atoms with E-state index in [-0.39, 0.29) is 18.0 Å². The Morgan fingerprint density at radius 2 is 2.00 bits per heavy atom. The van der Waals surface area contributed by atoms with Gasteiger partial charge in [0.2, 0.25) is 0 Å². The number of nitrogens with two attached hydrogens (primary N) is 1. The highest BCUT2D eigenvalue weighted by Gasteiger charge is 2.47. The second kappa shape index (κ2) is 9.42. The van der Waals surface area contributed by atoms with Crippen molar-refractivity contribution < 1.29 is 9.53 Å². The largest absolute Gasteiger partial charge is 0.494 e. The third kappa shape index (κ3) is 3.95. The number of pyridine rings is 1. The normalized spacial score (nSPS) is 21.7. The molecule has 10 nitrogen and oxygen atoms in total. The molecular weight excluding hydrogens is 528 g/mol. The number of likely N-dealkylation sites (tertiary alicyclic amines) is 1. The van der Waals surface area contributed by atoms with Crippen LogP contribution in [-0.4, -0.2) is 65.4 Å². The van der Waals surface area contributed by atoms with Crippen molar-refractivity contribution in [2.24, 2.45) is 24.6 Å². The molecule has 10 heteroatoms. The van der Waals surface area contributed by atoms with E-state index >= 15 is 0 Å². The van der Waals surface area contributed by atoms with Gasteiger partial charge in [-0.3, -0.25) is 9.48 Å². The molecule has 3 aliphatic rings. The van der Waals surface area contributed by atoms with Crippen LogP contribution in [-0.2, 0) is 20.1 Å². The third-order valence-electron chi connectivity index (χ3n) is 9.65. The summed E-state index contributed by atoms with van der Waals surface area (Å²) < 4.78 is 12.4. The summed E-state index contributed by atoms with van der Waals surface area (Å²) in [5.74, 6) is 2.51. The van der Waals surface area contributed by atoms with Crippen LogP contribution in [0.2, 0.25) is 0 Å². The number of benzene rings is 1. The molecule has 1 aromatic carbocycles. The quantitative estimate of drug-likeness (QED) is 0.319. The summed E-state index contributed by atoms with van der Waals surface area (Å²) in [5, 5.41) is 5.69. The predicted octanol–water partition coefficient (Wildman–Crippen LogP) is 4.12. The zero-order chi connectivity index (χ0) is 28.7. The van der Waals surface area contributed by atoms with Crippen LogP contribution in [0.4, 0.5) is 0 Å². The highest BCUT2D eigenvalue weighted by Crippen LogP contribution is 2.40. The minimum Gasteiger partial charge on any atom is -0.494 e. The molecule has 1 aliphatic heterocycles. The van der Waals surface area contributed by atoms with E-state index in [2.05, 4.69) is 32.6 Å². The summed E-state index contributed by atoms with van der Waals surface area (Å²) in [5.41, 5.74) is 12.7. The molecule has 1 saturated heterocycles. The zero-order valence-electron chi connectivity index (χ0n) is 24.3. The van der Waals surface area contributed by atoms with Crippen LogP contribution in [0.3, 0.4) is 0 Å². The summed E-state index contributed by atoms with van der Waals surface area (Å²) in [6.45, 7) is 4.23. The summed E-state index contributed by atoms with van der Waals surface area (Å²) in [4.78, 5) is 25.8. The fourth-order valence-electron chi connectivity index (χ4n) is 7.30. The highest BCUT2D eigenvalue weighted by molar-refractivity contribution is 6.00. The molecular formula is C32H36N8O2. The minimum absolute atomic E-state index is 0.00380. The molecule has 3 atom stereocenters. The fourth-order valence-corrected chi connectivity index (χ4v) is 7.30. The average Bonchev–Trinajstić information content (AvgIpc) is 3.19. The highest BCUT2D eigenvalue weighted by atomic mass is 16.5. The van der Waals surface area contributed by atoms with Gasteiger partial charge >= 0.3 is 0 Å². The van der Waals surface area contributed by atoms with Gasteiger partial charge in [-0.15, -0.1) is 0 Å². The van der Waals surface area contributed by atoms with Gasteiger partial charge in [0, 0.05) is 61.1 Å². The third-order valence-corrected chi connectivity index (χ3v) is 9.65. The smallest absolute Gasteiger partial charge is 0.254 e. The first-order valence-electron chi connectivity index (χ1n) is 15.0. The van der Waals surface area contributed by atoms with E-state index in [0.717, 1.165) is 70.8 Å². The van der Waals surface area contributed by atoms with Crippen LogP contribution in [0, 0.1) is 18.8 Å². The molecule has 2 unspecified atom stereocenters. The lowest BCUT2D eigenvalue weighted by molar-refractivity contribution is 0.0700. The molecule has 0 radical (unpaired) electrons. The number of nitrogens with zero attached hydrogens (tertiary/aromatic N) is 7. The standard InChI is InChI=1S/C32H36N8O2/c1-18-23(15-37(2)36-18)17-40-29-24(11-22(13-27(29)42-3)32(41)39-16-21-8-9-25(39)28(21)33)35-31(40)26-12-20-5-4-10-34-30(20)38(26)14-19-6-7-19/h4-5,10-13,15,19,21,25,28H,6-9,14,16-17,33H2,1-3H3/t21?,25?,28-/m1/s1. The first-order valence-corrected chi connectivity index (χ1v) is 15.0. The van der Waals surface area contributed by atoms with Crippen LogP contribution >= 0.6 is 0 Å². The van der Waals surface area contributed by atoms with Crippen LogP contribution in [0.25, 0.3) is 33.6 Å². The molecule has 3 fully saturated rings. The molecule has 5 heterocycles. The predicted molar refractivity (Wildman–Crippen MR) is 160 cm³/mol. The number of methoxy groups -OCH3 is 1. The number of rotatable bonds is 7. The number of carbonyl (C=O) groups is 1. The van der Waals surface area contributed by atoms with Gasteiger partial charge in [-0.2, -0.15) is 5.10 Å². The molecule has 0 spiro atoms. The Labute approximate surface area is 244 Å². The maximum Gasteiger partial charge on any atom is 0.254 e. The van der Waals surface area contributed by atoms with Gasteiger partial charge in [-0.25, -0.2) is 9.97 Å². The van der Waals surface area contributed by atoms with E-state index in [1.54, 1.807) is 7.11 Å². The van der Waals surface area contributed by atoms with E-state index in [1.165, 1.54) is 12.8 Å². The molecule has 1 amide bonds. The maximum absolute atomic E-state index is 13.9. The lowest BCUT2D eigenvalue weighted by Crippen LogP contribution is -2.41. The SMILES string of the molecule is COc1cc(C(=O)N2CC3CCC2[C@@H]3N)cc2nc(-c3cc4cccnc4n3CC3CC3)n(Cc3cn(C)nc3C)c12. The number of hydrogen-bond acceptors (Lipinski definition) is 6. The van der Waals surface area contributed by atoms with E-state index < -0.39 is 0 Å². The van der Waals surface area contributed by atoms with Gasteiger partial charge in [0.25, 0.3) is 5.91 Å². The van der Waals surface area contributed by atoms with Gasteiger partial charge in [-0.1, -0.05) is 0 Å². The lowest BCUT2D eigenvalue weighted by atomic mass is 10.1. The number of imidazole rings is 1. The number of aromatic nitrogens is 6. The van der Waals surface area contributed by atoms with E-state index in [0.29, 0.717) is 29.7 Å². The minimum atomic E-state index is 0.00380. The van der Waals surface area contributed by atoms with Crippen molar-refractivity contribution in [1.29, 1.82) is 0 Å². The number of ether oxygens (including phenoxy) is 1. The van der Waals surface area contributed by atoms with Gasteiger partial charge < -0.3 is 24.5 Å². The molecule has 8 rings (SSSR count). The zero-order valence-corrected chi connectivity index (χ0v) is 24.3. The average molecular weight is 565 g/mol. The Kier molecular flexibility index (Phi) is 5.72. The van der Waals surface area contributed by atoms with E-state index in [9.17, 15) is 4.79 Å². The number of aryl methyl sites for hydroxylation is 2. The number of amides is 1. The van der Waals surface area contributed by atoms with Crippen molar-refractivity contribution in [3.05, 3.63) is 59.5 Å². The molecule has 2 N–H and O–H groups in total. The van der Waals surface area contributed by atoms with Crippen molar-refractivity contribution in [1.82, 2.24) is 33.8 Å². The molecule has 2 bridgehead atoms. The number of fused-ring (bicyclic) bond motifs is 4. The summed E-state index contributed by atoms with van der Waals surface area (Å²) in [6, 6.07) is 10.3. The fraction of sp³-hybridized carbons (Fsp3) is 0.438. The van der Waals surface area contributed by atoms with E-state index in [4.69, 9.17) is 20.4 Å². The Bertz CT molecular complexity index is 1860. The van der Waals surface area contributed by atoms with Crippen molar-refractivity contribution >= 4 is 28.0 Å². The molecule has 2 aliphatic carbocycles. The molecule has 5 aromatic rings. The van der Waals surface area contributed by atoms with Crippen molar-refractivity contribution in [2.45, 2.75) is 57.8 Å². The Hall–Kier alpha value is -4.18.